The maximum Gasteiger partial charge on any atom is 0.303 e. The van der Waals surface area contributed by atoms with Crippen LogP contribution in [0.25, 0.3) is 10.8 Å². The van der Waals surface area contributed by atoms with Gasteiger partial charge in [0.05, 0.1) is 14.2 Å². The van der Waals surface area contributed by atoms with E-state index in [9.17, 15) is 4.79 Å². The summed E-state index contributed by atoms with van der Waals surface area (Å²) >= 11 is 0. The highest BCUT2D eigenvalue weighted by molar-refractivity contribution is 5.91. The van der Waals surface area contributed by atoms with E-state index in [1.165, 1.54) is 16.7 Å². The highest BCUT2D eigenvalue weighted by atomic mass is 16.5. The molecule has 1 atom stereocenters. The molecule has 0 aromatic heterocycles. The maximum absolute atomic E-state index is 10.9. The van der Waals surface area contributed by atoms with Crippen LogP contribution in [0.4, 0.5) is 0 Å². The fourth-order valence-corrected chi connectivity index (χ4v) is 4.06. The number of aryl methyl sites for hydroxylation is 1. The Hall–Kier alpha value is -3.01. The van der Waals surface area contributed by atoms with Crippen LogP contribution < -0.4 is 9.47 Å². The summed E-state index contributed by atoms with van der Waals surface area (Å²) in [4.78, 5) is 10.9. The molecular formula is C25H28O4. The van der Waals surface area contributed by atoms with Crippen molar-refractivity contribution in [3.05, 3.63) is 71.3 Å². The summed E-state index contributed by atoms with van der Waals surface area (Å²) in [6.07, 6.45) is 2.55. The zero-order chi connectivity index (χ0) is 20.8. The number of carbonyl (C=O) groups is 1. The molecule has 0 aliphatic rings. The van der Waals surface area contributed by atoms with E-state index in [1.54, 1.807) is 14.2 Å². The number of rotatable bonds is 9. The van der Waals surface area contributed by atoms with Gasteiger partial charge in [0, 0.05) is 23.3 Å². The minimum absolute atomic E-state index is 0.120. The molecule has 29 heavy (non-hydrogen) atoms. The first-order valence-electron chi connectivity index (χ1n) is 9.97. The third-order valence-corrected chi connectivity index (χ3v) is 5.45. The van der Waals surface area contributed by atoms with Crippen molar-refractivity contribution in [2.24, 2.45) is 0 Å². The molecule has 0 amide bonds. The number of ether oxygens (including phenoxy) is 2. The van der Waals surface area contributed by atoms with Crippen LogP contribution in [0.3, 0.4) is 0 Å². The fraction of sp³-hybridized carbons (Fsp3) is 0.320. The molecule has 0 aliphatic heterocycles. The van der Waals surface area contributed by atoms with Gasteiger partial charge in [0.25, 0.3) is 0 Å². The lowest BCUT2D eigenvalue weighted by atomic mass is 9.82. The average Bonchev–Trinajstić information content (AvgIpc) is 2.73. The summed E-state index contributed by atoms with van der Waals surface area (Å²) in [6.45, 7) is 2.12. The van der Waals surface area contributed by atoms with Crippen molar-refractivity contribution >= 4 is 16.7 Å². The summed E-state index contributed by atoms with van der Waals surface area (Å²) in [5.74, 6) is 1.10. The number of unbranched alkanes of at least 4 members (excludes halogenated alkanes) is 1. The van der Waals surface area contributed by atoms with Gasteiger partial charge < -0.3 is 14.6 Å². The lowest BCUT2D eigenvalue weighted by Crippen LogP contribution is -2.07. The number of hydrogen-bond donors (Lipinski definition) is 1. The molecule has 152 valence electrons. The van der Waals surface area contributed by atoms with Crippen molar-refractivity contribution in [2.75, 3.05) is 14.2 Å². The van der Waals surface area contributed by atoms with E-state index in [0.29, 0.717) is 6.42 Å². The van der Waals surface area contributed by atoms with Gasteiger partial charge in [-0.1, -0.05) is 48.9 Å². The van der Waals surface area contributed by atoms with E-state index in [1.807, 2.05) is 24.3 Å². The number of fused-ring (bicyclic) bond motifs is 1. The van der Waals surface area contributed by atoms with Crippen LogP contribution in [0.2, 0.25) is 0 Å². The van der Waals surface area contributed by atoms with Gasteiger partial charge in [0.15, 0.2) is 0 Å². The second-order valence-electron chi connectivity index (χ2n) is 7.33. The molecule has 3 aromatic rings. The van der Waals surface area contributed by atoms with Crippen molar-refractivity contribution in [3.8, 4) is 11.5 Å². The minimum Gasteiger partial charge on any atom is -0.497 e. The second-order valence-corrected chi connectivity index (χ2v) is 7.33. The molecule has 0 radical (unpaired) electrons. The van der Waals surface area contributed by atoms with E-state index in [4.69, 9.17) is 14.6 Å². The summed E-state index contributed by atoms with van der Waals surface area (Å²) in [5, 5.41) is 11.2. The van der Waals surface area contributed by atoms with E-state index >= 15 is 0 Å². The number of hydrogen-bond acceptors (Lipinski definition) is 3. The van der Waals surface area contributed by atoms with Gasteiger partial charge in [-0.05, 0) is 48.4 Å². The third kappa shape index (κ3) is 4.70. The molecule has 0 heterocycles. The minimum atomic E-state index is -0.745. The van der Waals surface area contributed by atoms with Gasteiger partial charge >= 0.3 is 5.97 Å². The van der Waals surface area contributed by atoms with Crippen LogP contribution in [-0.2, 0) is 4.79 Å². The Morgan fingerprint density at radius 1 is 1.00 bits per heavy atom. The van der Waals surface area contributed by atoms with Crippen molar-refractivity contribution in [1.29, 1.82) is 0 Å². The molecule has 0 spiro atoms. The molecule has 4 nitrogen and oxygen atoms in total. The molecule has 1 N–H and O–H groups in total. The number of aliphatic carboxylic acids is 1. The van der Waals surface area contributed by atoms with Crippen LogP contribution in [-0.4, -0.2) is 25.3 Å². The fourth-order valence-electron chi connectivity index (χ4n) is 4.06. The summed E-state index contributed by atoms with van der Waals surface area (Å²) in [7, 11) is 3.38. The first kappa shape index (κ1) is 20.7. The zero-order valence-electron chi connectivity index (χ0n) is 17.3. The van der Waals surface area contributed by atoms with E-state index in [2.05, 4.69) is 37.3 Å². The van der Waals surface area contributed by atoms with Crippen LogP contribution in [0.1, 0.15) is 48.3 Å². The molecule has 0 saturated heterocycles. The molecule has 0 saturated carbocycles. The SMILES string of the molecule is COc1ccc(C(CCCCC(=O)O)c2c(C)cc3ccccc3c2OC)cc1. The molecule has 0 fully saturated rings. The smallest absolute Gasteiger partial charge is 0.303 e. The Morgan fingerprint density at radius 3 is 2.38 bits per heavy atom. The molecule has 0 bridgehead atoms. The van der Waals surface area contributed by atoms with Crippen molar-refractivity contribution < 1.29 is 19.4 Å². The Bertz CT molecular complexity index is 976. The maximum atomic E-state index is 10.9. The number of carboxylic acid groups (broad SMARTS) is 1. The Kier molecular flexibility index (Phi) is 6.76. The monoisotopic (exact) mass is 392 g/mol. The van der Waals surface area contributed by atoms with E-state index < -0.39 is 5.97 Å². The standard InChI is InChI=1S/C25H28O4/c1-17-16-19-8-4-5-10-22(19)25(29-3)24(17)21(9-6-7-11-23(26)27)18-12-14-20(28-2)15-13-18/h4-5,8,10,12-16,21H,6-7,9,11H2,1-3H3,(H,26,27). The van der Waals surface area contributed by atoms with E-state index in [0.717, 1.165) is 35.1 Å². The van der Waals surface area contributed by atoms with Gasteiger partial charge in [0.2, 0.25) is 0 Å². The first-order valence-corrected chi connectivity index (χ1v) is 9.97. The van der Waals surface area contributed by atoms with E-state index in [-0.39, 0.29) is 12.3 Å². The Morgan fingerprint density at radius 2 is 1.72 bits per heavy atom. The van der Waals surface area contributed by atoms with Gasteiger partial charge in [-0.3, -0.25) is 4.79 Å². The molecule has 3 rings (SSSR count). The Balaban J connectivity index is 2.06. The third-order valence-electron chi connectivity index (χ3n) is 5.45. The number of carboxylic acids is 1. The molecule has 0 aliphatic carbocycles. The largest absolute Gasteiger partial charge is 0.497 e. The number of benzene rings is 3. The average molecular weight is 392 g/mol. The zero-order valence-corrected chi connectivity index (χ0v) is 17.3. The van der Waals surface area contributed by atoms with Crippen molar-refractivity contribution in [1.82, 2.24) is 0 Å². The highest BCUT2D eigenvalue weighted by Crippen LogP contribution is 2.42. The first-order chi connectivity index (χ1) is 14.0. The van der Waals surface area contributed by atoms with Crippen molar-refractivity contribution in [2.45, 2.75) is 38.5 Å². The highest BCUT2D eigenvalue weighted by Gasteiger charge is 2.22. The van der Waals surface area contributed by atoms with Crippen LogP contribution in [0.15, 0.2) is 54.6 Å². The van der Waals surface area contributed by atoms with Gasteiger partial charge in [0.1, 0.15) is 11.5 Å². The van der Waals surface area contributed by atoms with Gasteiger partial charge in [-0.2, -0.15) is 0 Å². The normalized spacial score (nSPS) is 12.0. The molecule has 4 heteroatoms. The molecule has 3 aromatic carbocycles. The second kappa shape index (κ2) is 9.46. The molecule has 1 unspecified atom stereocenters. The van der Waals surface area contributed by atoms with Crippen molar-refractivity contribution in [3.63, 3.8) is 0 Å². The topological polar surface area (TPSA) is 55.8 Å². The molecular weight excluding hydrogens is 364 g/mol. The summed E-state index contributed by atoms with van der Waals surface area (Å²) in [5.41, 5.74) is 3.53. The number of methoxy groups -OCH3 is 2. The Labute approximate surface area is 172 Å². The lowest BCUT2D eigenvalue weighted by Gasteiger charge is -2.24. The van der Waals surface area contributed by atoms with Gasteiger partial charge in [-0.15, -0.1) is 0 Å². The summed E-state index contributed by atoms with van der Waals surface area (Å²) < 4.78 is 11.2. The predicted octanol–water partition coefficient (Wildman–Crippen LogP) is 5.94. The lowest BCUT2D eigenvalue weighted by molar-refractivity contribution is -0.137. The van der Waals surface area contributed by atoms with Crippen LogP contribution in [0, 0.1) is 6.92 Å². The predicted molar refractivity (Wildman–Crippen MR) is 116 cm³/mol. The summed E-state index contributed by atoms with van der Waals surface area (Å²) in [6, 6.07) is 18.6. The van der Waals surface area contributed by atoms with Crippen LogP contribution >= 0.6 is 0 Å². The van der Waals surface area contributed by atoms with Crippen LogP contribution in [0.5, 0.6) is 11.5 Å². The van der Waals surface area contributed by atoms with Gasteiger partial charge in [-0.25, -0.2) is 0 Å². The quantitative estimate of drug-likeness (QED) is 0.458.